The van der Waals surface area contributed by atoms with Gasteiger partial charge in [0, 0.05) is 51.2 Å². The Labute approximate surface area is 161 Å². The van der Waals surface area contributed by atoms with Gasteiger partial charge in [0.2, 0.25) is 12.7 Å². The summed E-state index contributed by atoms with van der Waals surface area (Å²) in [6.07, 6.45) is 3.71. The number of hydrogen-bond donors (Lipinski definition) is 1. The van der Waals surface area contributed by atoms with E-state index in [1.165, 1.54) is 0 Å². The summed E-state index contributed by atoms with van der Waals surface area (Å²) in [6, 6.07) is 7.41. The summed E-state index contributed by atoms with van der Waals surface area (Å²) < 4.78 is 12.7. The Balaban J connectivity index is 1.27. The Morgan fingerprint density at radius 1 is 1.11 bits per heavy atom. The van der Waals surface area contributed by atoms with Gasteiger partial charge in [-0.2, -0.15) is 5.10 Å². The predicted octanol–water partition coefficient (Wildman–Crippen LogP) is 1.50. The molecule has 9 nitrogen and oxygen atoms in total. The zero-order chi connectivity index (χ0) is 19.1. The monoisotopic (exact) mass is 380 g/mol. The summed E-state index contributed by atoms with van der Waals surface area (Å²) in [5.74, 6) is 2.30. The maximum atomic E-state index is 12.9. The van der Waals surface area contributed by atoms with Gasteiger partial charge in [0.25, 0.3) is 5.91 Å². The smallest absolute Gasteiger partial charge is 0.272 e. The topological polar surface area (TPSA) is 88.5 Å². The third-order valence-corrected chi connectivity index (χ3v) is 5.12. The lowest BCUT2D eigenvalue weighted by molar-refractivity contribution is 0.0740. The van der Waals surface area contributed by atoms with E-state index in [1.54, 1.807) is 12.3 Å². The lowest BCUT2D eigenvalue weighted by atomic mass is 10.1. The van der Waals surface area contributed by atoms with E-state index in [0.29, 0.717) is 30.2 Å². The van der Waals surface area contributed by atoms with E-state index in [9.17, 15) is 4.79 Å². The largest absolute Gasteiger partial charge is 0.454 e. The predicted molar refractivity (Wildman–Crippen MR) is 101 cm³/mol. The number of H-pyrrole nitrogens is 1. The van der Waals surface area contributed by atoms with Crippen molar-refractivity contribution in [1.29, 1.82) is 0 Å². The fourth-order valence-electron chi connectivity index (χ4n) is 3.58. The van der Waals surface area contributed by atoms with Gasteiger partial charge in [-0.15, -0.1) is 0 Å². The van der Waals surface area contributed by atoms with Crippen LogP contribution in [-0.2, 0) is 7.05 Å². The van der Waals surface area contributed by atoms with E-state index in [4.69, 9.17) is 9.47 Å². The van der Waals surface area contributed by atoms with Crippen LogP contribution < -0.4 is 14.4 Å². The minimum Gasteiger partial charge on any atom is -0.454 e. The van der Waals surface area contributed by atoms with Crippen LogP contribution in [0.2, 0.25) is 0 Å². The van der Waals surface area contributed by atoms with Crippen molar-refractivity contribution >= 4 is 11.9 Å². The van der Waals surface area contributed by atoms with Crippen LogP contribution >= 0.6 is 0 Å². The molecule has 0 aliphatic carbocycles. The molecule has 0 radical (unpaired) electrons. The molecule has 1 fully saturated rings. The molecule has 144 valence electrons. The number of nitrogens with one attached hydrogen (secondary N) is 1. The number of hydrogen-bond acceptors (Lipinski definition) is 6. The average molecular weight is 380 g/mol. The molecule has 1 saturated heterocycles. The van der Waals surface area contributed by atoms with E-state index >= 15 is 0 Å². The third-order valence-electron chi connectivity index (χ3n) is 5.12. The maximum Gasteiger partial charge on any atom is 0.272 e. The highest BCUT2D eigenvalue weighted by atomic mass is 16.7. The fraction of sp³-hybridized carbons (Fsp3) is 0.316. The van der Waals surface area contributed by atoms with Crippen molar-refractivity contribution in [2.75, 3.05) is 37.9 Å². The summed E-state index contributed by atoms with van der Waals surface area (Å²) in [5.41, 5.74) is 2.06. The quantitative estimate of drug-likeness (QED) is 0.741. The van der Waals surface area contributed by atoms with Crippen LogP contribution in [0.25, 0.3) is 11.3 Å². The Kier molecular flexibility index (Phi) is 3.92. The van der Waals surface area contributed by atoms with Crippen LogP contribution in [0.1, 0.15) is 10.5 Å². The number of anilines is 1. The van der Waals surface area contributed by atoms with Gasteiger partial charge in [0.05, 0.1) is 5.69 Å². The highest BCUT2D eigenvalue weighted by molar-refractivity contribution is 5.93. The van der Waals surface area contributed by atoms with Crippen LogP contribution in [0.5, 0.6) is 11.5 Å². The number of benzene rings is 1. The van der Waals surface area contributed by atoms with Gasteiger partial charge < -0.3 is 23.8 Å². The van der Waals surface area contributed by atoms with Crippen molar-refractivity contribution in [3.63, 3.8) is 0 Å². The Hall–Kier alpha value is -3.49. The van der Waals surface area contributed by atoms with Crippen LogP contribution in [-0.4, -0.2) is 63.5 Å². The van der Waals surface area contributed by atoms with Crippen LogP contribution in [0.4, 0.5) is 5.95 Å². The van der Waals surface area contributed by atoms with Gasteiger partial charge >= 0.3 is 0 Å². The zero-order valence-electron chi connectivity index (χ0n) is 15.5. The van der Waals surface area contributed by atoms with Crippen molar-refractivity contribution in [1.82, 2.24) is 24.6 Å². The van der Waals surface area contributed by atoms with Crippen LogP contribution in [0.15, 0.2) is 36.7 Å². The molecule has 2 aromatic heterocycles. The lowest BCUT2D eigenvalue weighted by Gasteiger charge is -2.34. The van der Waals surface area contributed by atoms with Crippen molar-refractivity contribution in [3.8, 4) is 22.8 Å². The molecule has 3 aromatic rings. The highest BCUT2D eigenvalue weighted by Gasteiger charge is 2.25. The first-order valence-electron chi connectivity index (χ1n) is 9.16. The fourth-order valence-corrected chi connectivity index (χ4v) is 3.58. The number of aryl methyl sites for hydroxylation is 1. The molecule has 0 saturated carbocycles. The number of aromatic amines is 1. The molecule has 4 heterocycles. The molecule has 0 unspecified atom stereocenters. The zero-order valence-corrected chi connectivity index (χ0v) is 15.5. The molecular weight excluding hydrogens is 360 g/mol. The van der Waals surface area contributed by atoms with E-state index in [1.807, 2.05) is 40.9 Å². The number of amides is 1. The molecule has 9 heteroatoms. The summed E-state index contributed by atoms with van der Waals surface area (Å²) >= 11 is 0. The molecule has 0 atom stereocenters. The van der Waals surface area contributed by atoms with Crippen molar-refractivity contribution in [2.24, 2.45) is 7.05 Å². The van der Waals surface area contributed by atoms with Gasteiger partial charge in [-0.1, -0.05) is 0 Å². The number of nitrogens with zero attached hydrogens (tertiary/aromatic N) is 5. The lowest BCUT2D eigenvalue weighted by Crippen LogP contribution is -2.49. The number of aromatic nitrogens is 4. The number of carbonyl (C=O) groups is 1. The molecule has 0 bridgehead atoms. The van der Waals surface area contributed by atoms with E-state index < -0.39 is 0 Å². The maximum absolute atomic E-state index is 12.9. The van der Waals surface area contributed by atoms with Crippen molar-refractivity contribution in [3.05, 3.63) is 42.4 Å². The second-order valence-corrected chi connectivity index (χ2v) is 6.85. The first-order valence-corrected chi connectivity index (χ1v) is 9.16. The van der Waals surface area contributed by atoms with Crippen molar-refractivity contribution in [2.45, 2.75) is 0 Å². The summed E-state index contributed by atoms with van der Waals surface area (Å²) in [6.45, 7) is 3.01. The van der Waals surface area contributed by atoms with Crippen LogP contribution in [0, 0.1) is 0 Å². The summed E-state index contributed by atoms with van der Waals surface area (Å²) in [5, 5.41) is 7.18. The second kappa shape index (κ2) is 6.59. The van der Waals surface area contributed by atoms with Gasteiger partial charge in [0.1, 0.15) is 5.69 Å². The second-order valence-electron chi connectivity index (χ2n) is 6.85. The van der Waals surface area contributed by atoms with Gasteiger partial charge in [-0.25, -0.2) is 4.98 Å². The number of ether oxygens (including phenoxy) is 2. The molecular formula is C19H20N6O3. The first-order chi connectivity index (χ1) is 13.7. The number of fused-ring (bicyclic) bond motifs is 1. The summed E-state index contributed by atoms with van der Waals surface area (Å²) in [7, 11) is 1.97. The van der Waals surface area contributed by atoms with Gasteiger partial charge in [0.15, 0.2) is 11.5 Å². The number of piperazine rings is 1. The third kappa shape index (κ3) is 2.84. The molecule has 1 aromatic carbocycles. The summed E-state index contributed by atoms with van der Waals surface area (Å²) in [4.78, 5) is 21.3. The Morgan fingerprint density at radius 2 is 1.93 bits per heavy atom. The minimum absolute atomic E-state index is 0.0426. The molecule has 1 N–H and O–H groups in total. The molecule has 1 amide bonds. The van der Waals surface area contributed by atoms with E-state index in [2.05, 4.69) is 20.1 Å². The van der Waals surface area contributed by atoms with Gasteiger partial charge in [-0.3, -0.25) is 9.89 Å². The van der Waals surface area contributed by atoms with Crippen LogP contribution in [0.3, 0.4) is 0 Å². The molecule has 0 spiro atoms. The first kappa shape index (κ1) is 16.7. The Bertz CT molecular complexity index is 1020. The Morgan fingerprint density at radius 3 is 2.71 bits per heavy atom. The van der Waals surface area contributed by atoms with E-state index in [-0.39, 0.29) is 12.7 Å². The number of imidazole rings is 1. The van der Waals surface area contributed by atoms with Gasteiger partial charge in [-0.05, 0) is 24.3 Å². The van der Waals surface area contributed by atoms with Crippen molar-refractivity contribution < 1.29 is 14.3 Å². The SMILES string of the molecule is Cn1ccnc1N1CCN(C(=O)c2cc(-c3ccc4c(c3)OCO4)n[nH]2)CC1. The molecule has 28 heavy (non-hydrogen) atoms. The standard InChI is InChI=1S/C19H20N6O3/c1-23-5-4-20-19(23)25-8-6-24(7-9-25)18(26)15-11-14(21-22-15)13-2-3-16-17(10-13)28-12-27-16/h2-5,10-11H,6-9,12H2,1H3,(H,21,22). The normalized spacial score (nSPS) is 15.9. The molecule has 5 rings (SSSR count). The molecule has 2 aliphatic rings. The van der Waals surface area contributed by atoms with E-state index in [0.717, 1.165) is 30.4 Å². The highest BCUT2D eigenvalue weighted by Crippen LogP contribution is 2.35. The average Bonchev–Trinajstić information content (AvgIpc) is 3.47. The number of carbonyl (C=O) groups excluding carboxylic acids is 1. The number of rotatable bonds is 3. The minimum atomic E-state index is -0.0426. The molecule has 2 aliphatic heterocycles.